The Kier molecular flexibility index (Phi) is 3.41. The summed E-state index contributed by atoms with van der Waals surface area (Å²) in [5.74, 6) is 4.01. The molecule has 2 atom stereocenters. The van der Waals surface area contributed by atoms with Crippen molar-refractivity contribution in [3.63, 3.8) is 0 Å². The first-order valence-corrected chi connectivity index (χ1v) is 8.29. The van der Waals surface area contributed by atoms with Gasteiger partial charge in [0, 0.05) is 23.8 Å². The molecule has 2 aliphatic rings. The number of thioether (sulfide) groups is 1. The van der Waals surface area contributed by atoms with E-state index in [9.17, 15) is 0 Å². The predicted molar refractivity (Wildman–Crippen MR) is 83.6 cm³/mol. The number of nitrogens with two attached hydrogens (primary N) is 1. The van der Waals surface area contributed by atoms with E-state index in [0.717, 1.165) is 35.7 Å². The Morgan fingerprint density at radius 3 is 2.85 bits per heavy atom. The molecule has 2 heterocycles. The average Bonchev–Trinajstić information content (AvgIpc) is 2.37. The second kappa shape index (κ2) is 4.85. The van der Waals surface area contributed by atoms with Crippen LogP contribution in [0.1, 0.15) is 38.3 Å². The van der Waals surface area contributed by atoms with Crippen LogP contribution in [0.15, 0.2) is 18.2 Å². The van der Waals surface area contributed by atoms with Gasteiger partial charge in [-0.05, 0) is 35.8 Å². The van der Waals surface area contributed by atoms with Crippen LogP contribution in [0.3, 0.4) is 0 Å². The maximum Gasteiger partial charge on any atom is 0.125 e. The Morgan fingerprint density at radius 1 is 1.35 bits per heavy atom. The maximum absolute atomic E-state index is 6.42. The molecule has 20 heavy (non-hydrogen) atoms. The van der Waals surface area contributed by atoms with E-state index < -0.39 is 0 Å². The summed E-state index contributed by atoms with van der Waals surface area (Å²) in [4.78, 5) is 0. The third-order valence-electron chi connectivity index (χ3n) is 4.19. The lowest BCUT2D eigenvalue weighted by atomic mass is 9.76. The zero-order valence-electron chi connectivity index (χ0n) is 12.4. The summed E-state index contributed by atoms with van der Waals surface area (Å²) < 4.78 is 11.7. The van der Waals surface area contributed by atoms with Crippen molar-refractivity contribution in [2.24, 2.45) is 11.1 Å². The van der Waals surface area contributed by atoms with Crippen LogP contribution in [0.2, 0.25) is 0 Å². The van der Waals surface area contributed by atoms with Crippen molar-refractivity contribution in [3.05, 3.63) is 23.8 Å². The smallest absolute Gasteiger partial charge is 0.125 e. The Labute approximate surface area is 125 Å². The molecule has 0 saturated carbocycles. The van der Waals surface area contributed by atoms with Crippen LogP contribution in [0.4, 0.5) is 0 Å². The highest BCUT2D eigenvalue weighted by Gasteiger charge is 2.46. The zero-order valence-corrected chi connectivity index (χ0v) is 13.3. The number of rotatable bonds is 1. The Bertz CT molecular complexity index is 517. The molecule has 0 aromatic heterocycles. The first-order chi connectivity index (χ1) is 9.43. The minimum Gasteiger partial charge on any atom is -0.497 e. The molecule has 1 aromatic carbocycles. The number of hydrogen-bond donors (Lipinski definition) is 1. The first kappa shape index (κ1) is 14.1. The highest BCUT2D eigenvalue weighted by atomic mass is 32.2. The van der Waals surface area contributed by atoms with Crippen molar-refractivity contribution >= 4 is 11.8 Å². The summed E-state index contributed by atoms with van der Waals surface area (Å²) in [6.07, 6.45) is 1.97. The van der Waals surface area contributed by atoms with Crippen molar-refractivity contribution in [1.82, 2.24) is 0 Å². The highest BCUT2D eigenvalue weighted by Crippen LogP contribution is 2.49. The molecule has 1 aromatic rings. The summed E-state index contributed by atoms with van der Waals surface area (Å²) in [6.45, 7) is 4.64. The van der Waals surface area contributed by atoms with Gasteiger partial charge in [0.1, 0.15) is 17.1 Å². The van der Waals surface area contributed by atoms with Crippen LogP contribution in [0, 0.1) is 5.41 Å². The number of fused-ring (bicyclic) bond motifs is 1. The monoisotopic (exact) mass is 293 g/mol. The molecule has 1 saturated heterocycles. The third-order valence-corrected chi connectivity index (χ3v) is 5.91. The molecular formula is C16H23NO2S. The fourth-order valence-electron chi connectivity index (χ4n) is 3.51. The van der Waals surface area contributed by atoms with E-state index in [4.69, 9.17) is 15.2 Å². The molecule has 4 heteroatoms. The Morgan fingerprint density at radius 2 is 2.15 bits per heavy atom. The molecule has 2 unspecified atom stereocenters. The number of benzene rings is 1. The second-order valence-corrected chi connectivity index (χ2v) is 7.82. The quantitative estimate of drug-likeness (QED) is 0.862. The standard InChI is InChI=1S/C16H23NO2S/c1-15(2)8-16(10-20-9-15)7-13(17)12-6-11(18-3)4-5-14(12)19-16/h4-6,13H,7-10,17H2,1-3H3. The van der Waals surface area contributed by atoms with Crippen LogP contribution >= 0.6 is 11.8 Å². The van der Waals surface area contributed by atoms with E-state index in [1.807, 2.05) is 30.0 Å². The van der Waals surface area contributed by atoms with Crippen molar-refractivity contribution < 1.29 is 9.47 Å². The average molecular weight is 293 g/mol. The SMILES string of the molecule is COc1ccc2c(c1)C(N)CC1(CSCC(C)(C)C1)O2. The molecule has 2 N–H and O–H groups in total. The van der Waals surface area contributed by atoms with E-state index >= 15 is 0 Å². The van der Waals surface area contributed by atoms with Crippen molar-refractivity contribution in [1.29, 1.82) is 0 Å². The fraction of sp³-hybridized carbons (Fsp3) is 0.625. The molecule has 0 aliphatic carbocycles. The molecule has 1 fully saturated rings. The van der Waals surface area contributed by atoms with E-state index in [-0.39, 0.29) is 11.6 Å². The normalized spacial score (nSPS) is 31.5. The molecule has 2 aliphatic heterocycles. The van der Waals surface area contributed by atoms with Crippen LogP contribution in [0.25, 0.3) is 0 Å². The predicted octanol–water partition coefficient (Wildman–Crippen LogP) is 3.38. The molecular weight excluding hydrogens is 270 g/mol. The summed E-state index contributed by atoms with van der Waals surface area (Å²) >= 11 is 1.99. The van der Waals surface area contributed by atoms with Crippen molar-refractivity contribution in [2.75, 3.05) is 18.6 Å². The Hall–Kier alpha value is -0.870. The van der Waals surface area contributed by atoms with Crippen LogP contribution < -0.4 is 15.2 Å². The van der Waals surface area contributed by atoms with Gasteiger partial charge in [-0.3, -0.25) is 0 Å². The van der Waals surface area contributed by atoms with Crippen LogP contribution in [-0.4, -0.2) is 24.2 Å². The zero-order chi connectivity index (χ0) is 14.4. The van der Waals surface area contributed by atoms with Gasteiger partial charge in [0.05, 0.1) is 7.11 Å². The molecule has 0 bridgehead atoms. The summed E-state index contributed by atoms with van der Waals surface area (Å²) in [6, 6.07) is 5.99. The summed E-state index contributed by atoms with van der Waals surface area (Å²) in [5, 5.41) is 0. The number of hydrogen-bond acceptors (Lipinski definition) is 4. The van der Waals surface area contributed by atoms with Gasteiger partial charge in [0.25, 0.3) is 0 Å². The van der Waals surface area contributed by atoms with E-state index in [0.29, 0.717) is 5.41 Å². The third kappa shape index (κ3) is 2.51. The van der Waals surface area contributed by atoms with Crippen molar-refractivity contribution in [2.45, 2.75) is 38.3 Å². The fourth-order valence-corrected chi connectivity index (χ4v) is 4.91. The van der Waals surface area contributed by atoms with E-state index in [2.05, 4.69) is 13.8 Å². The summed E-state index contributed by atoms with van der Waals surface area (Å²) in [7, 11) is 1.68. The molecule has 1 spiro atoms. The minimum absolute atomic E-state index is 0.0309. The number of ether oxygens (including phenoxy) is 2. The van der Waals surface area contributed by atoms with E-state index in [1.54, 1.807) is 7.11 Å². The molecule has 110 valence electrons. The van der Waals surface area contributed by atoms with Gasteiger partial charge >= 0.3 is 0 Å². The second-order valence-electron chi connectivity index (χ2n) is 6.83. The van der Waals surface area contributed by atoms with Gasteiger partial charge < -0.3 is 15.2 Å². The van der Waals surface area contributed by atoms with Gasteiger partial charge in [-0.25, -0.2) is 0 Å². The lowest BCUT2D eigenvalue weighted by Crippen LogP contribution is -2.51. The first-order valence-electron chi connectivity index (χ1n) is 7.13. The van der Waals surface area contributed by atoms with Crippen LogP contribution in [-0.2, 0) is 0 Å². The maximum atomic E-state index is 6.42. The van der Waals surface area contributed by atoms with Gasteiger partial charge in [0.15, 0.2) is 0 Å². The van der Waals surface area contributed by atoms with Gasteiger partial charge in [-0.15, -0.1) is 0 Å². The van der Waals surface area contributed by atoms with E-state index in [1.165, 1.54) is 5.75 Å². The summed E-state index contributed by atoms with van der Waals surface area (Å²) in [5.41, 5.74) is 7.70. The van der Waals surface area contributed by atoms with Crippen LogP contribution in [0.5, 0.6) is 11.5 Å². The Balaban J connectivity index is 1.92. The van der Waals surface area contributed by atoms with Gasteiger partial charge in [-0.2, -0.15) is 11.8 Å². The van der Waals surface area contributed by atoms with Gasteiger partial charge in [-0.1, -0.05) is 13.8 Å². The lowest BCUT2D eigenvalue weighted by molar-refractivity contribution is 0.0165. The number of methoxy groups -OCH3 is 1. The lowest BCUT2D eigenvalue weighted by Gasteiger charge is -2.48. The molecule has 3 rings (SSSR count). The largest absolute Gasteiger partial charge is 0.497 e. The topological polar surface area (TPSA) is 44.5 Å². The minimum atomic E-state index is -0.104. The van der Waals surface area contributed by atoms with Crippen molar-refractivity contribution in [3.8, 4) is 11.5 Å². The highest BCUT2D eigenvalue weighted by molar-refractivity contribution is 7.99. The molecule has 0 radical (unpaired) electrons. The molecule has 0 amide bonds. The molecule has 3 nitrogen and oxygen atoms in total. The van der Waals surface area contributed by atoms with Gasteiger partial charge in [0.2, 0.25) is 0 Å².